The van der Waals surface area contributed by atoms with E-state index in [1.54, 1.807) is 0 Å². The van der Waals surface area contributed by atoms with E-state index in [4.69, 9.17) is 21.6 Å². The van der Waals surface area contributed by atoms with Gasteiger partial charge < -0.3 is 14.8 Å². The average Bonchev–Trinajstić information content (AvgIpc) is 3.37. The molecule has 5 rings (SSSR count). The van der Waals surface area contributed by atoms with Crippen LogP contribution in [0, 0.1) is 0 Å². The van der Waals surface area contributed by atoms with Crippen molar-refractivity contribution in [3.63, 3.8) is 0 Å². The van der Waals surface area contributed by atoms with Crippen molar-refractivity contribution in [2.24, 2.45) is 0 Å². The molecule has 4 heterocycles. The molecule has 8 heteroatoms. The third-order valence-corrected chi connectivity index (χ3v) is 6.65. The number of fused-ring (bicyclic) bond motifs is 1. The Morgan fingerprint density at radius 1 is 1.19 bits per heavy atom. The number of aromatic nitrogens is 3. The number of benzene rings is 1. The molecule has 1 atom stereocenters. The number of para-hydroxylation sites is 1. The highest BCUT2D eigenvalue weighted by molar-refractivity contribution is 6.35. The van der Waals surface area contributed by atoms with Gasteiger partial charge in [-0.3, -0.25) is 9.69 Å². The number of nitrogens with one attached hydrogen (secondary N) is 1. The Bertz CT molecular complexity index is 1100. The van der Waals surface area contributed by atoms with E-state index >= 15 is 0 Å². The van der Waals surface area contributed by atoms with Gasteiger partial charge in [0.25, 0.3) is 0 Å². The number of carbonyl (C=O) groups excluding carboxylic acids is 1. The van der Waals surface area contributed by atoms with Crippen LogP contribution >= 0.6 is 11.6 Å². The number of imidazole rings is 1. The van der Waals surface area contributed by atoms with Crippen molar-refractivity contribution in [1.82, 2.24) is 24.8 Å². The zero-order valence-corrected chi connectivity index (χ0v) is 18.5. The van der Waals surface area contributed by atoms with Crippen molar-refractivity contribution >= 4 is 34.4 Å². The van der Waals surface area contributed by atoms with Crippen LogP contribution in [0.25, 0.3) is 22.4 Å². The van der Waals surface area contributed by atoms with Gasteiger partial charge in [0.05, 0.1) is 17.1 Å². The van der Waals surface area contributed by atoms with E-state index in [0.29, 0.717) is 24.2 Å². The van der Waals surface area contributed by atoms with Gasteiger partial charge in [0.2, 0.25) is 5.91 Å². The molecule has 0 radical (unpaired) electrons. The number of anilines is 1. The lowest BCUT2D eigenvalue weighted by Gasteiger charge is -2.26. The Morgan fingerprint density at radius 2 is 2.10 bits per heavy atom. The van der Waals surface area contributed by atoms with Gasteiger partial charge in [-0.05, 0) is 44.0 Å². The lowest BCUT2D eigenvalue weighted by Crippen LogP contribution is -2.48. The Labute approximate surface area is 187 Å². The molecule has 162 valence electrons. The van der Waals surface area contributed by atoms with E-state index in [9.17, 15) is 4.79 Å². The number of hydrogen-bond donors (Lipinski definition) is 1. The Balaban J connectivity index is 1.46. The first-order valence-electron chi connectivity index (χ1n) is 11.0. The van der Waals surface area contributed by atoms with E-state index in [-0.39, 0.29) is 5.91 Å². The molecule has 3 aromatic rings. The first kappa shape index (κ1) is 20.3. The first-order valence-corrected chi connectivity index (χ1v) is 11.3. The second-order valence-corrected chi connectivity index (χ2v) is 8.82. The molecule has 1 aromatic carbocycles. The van der Waals surface area contributed by atoms with Crippen LogP contribution in [0.5, 0.6) is 0 Å². The van der Waals surface area contributed by atoms with Gasteiger partial charge in [-0.2, -0.15) is 0 Å². The Hall–Kier alpha value is -2.64. The minimum absolute atomic E-state index is 0.0842. The highest BCUT2D eigenvalue weighted by atomic mass is 35.5. The van der Waals surface area contributed by atoms with E-state index in [2.05, 4.69) is 38.7 Å². The number of nitrogens with zero attached hydrogens (tertiary/aromatic N) is 5. The number of piperazine rings is 1. The molecular formula is C23H27ClN6O. The molecule has 1 unspecified atom stereocenters. The summed E-state index contributed by atoms with van der Waals surface area (Å²) in [6.07, 6.45) is 4.35. The summed E-state index contributed by atoms with van der Waals surface area (Å²) < 4.78 is 2.20. The molecule has 2 aliphatic rings. The maximum Gasteiger partial charge on any atom is 0.234 e. The van der Waals surface area contributed by atoms with Crippen LogP contribution in [0.4, 0.5) is 5.82 Å². The third-order valence-electron chi connectivity index (χ3n) is 6.34. The van der Waals surface area contributed by atoms with Gasteiger partial charge in [0.1, 0.15) is 17.2 Å². The van der Waals surface area contributed by atoms with Crippen LogP contribution in [0.2, 0.25) is 5.02 Å². The highest BCUT2D eigenvalue weighted by Gasteiger charge is 2.22. The largest absolute Gasteiger partial charge is 0.354 e. The molecule has 1 N–H and O–H groups in total. The van der Waals surface area contributed by atoms with Gasteiger partial charge in [-0.1, -0.05) is 17.7 Å². The van der Waals surface area contributed by atoms with Crippen molar-refractivity contribution in [2.75, 3.05) is 37.6 Å². The molecular weight excluding hydrogens is 412 g/mol. The van der Waals surface area contributed by atoms with Gasteiger partial charge in [0.15, 0.2) is 0 Å². The van der Waals surface area contributed by atoms with E-state index in [1.807, 2.05) is 24.4 Å². The molecule has 0 saturated carbocycles. The number of rotatable bonds is 5. The molecule has 1 amide bonds. The smallest absolute Gasteiger partial charge is 0.234 e. The minimum atomic E-state index is 0.0842. The summed E-state index contributed by atoms with van der Waals surface area (Å²) in [5.41, 5.74) is 2.77. The number of halogens is 1. The van der Waals surface area contributed by atoms with Crippen LogP contribution < -0.4 is 10.2 Å². The summed E-state index contributed by atoms with van der Waals surface area (Å²) in [5, 5.41) is 3.53. The van der Waals surface area contributed by atoms with Crippen LogP contribution in [-0.2, 0) is 11.3 Å². The van der Waals surface area contributed by atoms with Crippen molar-refractivity contribution < 1.29 is 4.79 Å². The van der Waals surface area contributed by atoms with E-state index < -0.39 is 0 Å². The van der Waals surface area contributed by atoms with Crippen LogP contribution in [0.15, 0.2) is 36.5 Å². The third kappa shape index (κ3) is 4.00. The maximum atomic E-state index is 11.7. The monoisotopic (exact) mass is 438 g/mol. The number of pyridine rings is 1. The summed E-state index contributed by atoms with van der Waals surface area (Å²) in [4.78, 5) is 25.9. The normalized spacial score (nSPS) is 19.9. The SMILES string of the molecule is CC1CCCN1c1ccc(-c2nc3c(Cl)cccc3n2CCN2CCNC(=O)C2)cn1. The summed E-state index contributed by atoms with van der Waals surface area (Å²) in [5.74, 6) is 1.97. The number of hydrogen-bond acceptors (Lipinski definition) is 5. The minimum Gasteiger partial charge on any atom is -0.354 e. The zero-order valence-electron chi connectivity index (χ0n) is 17.7. The fourth-order valence-corrected chi connectivity index (χ4v) is 4.86. The molecule has 2 fully saturated rings. The second-order valence-electron chi connectivity index (χ2n) is 8.41. The Kier molecular flexibility index (Phi) is 5.54. The molecule has 2 aromatic heterocycles. The van der Waals surface area contributed by atoms with Gasteiger partial charge in [-0.25, -0.2) is 9.97 Å². The molecule has 7 nitrogen and oxygen atoms in total. The van der Waals surface area contributed by atoms with Gasteiger partial charge >= 0.3 is 0 Å². The molecule has 0 aliphatic carbocycles. The summed E-state index contributed by atoms with van der Waals surface area (Å²) >= 11 is 6.46. The Morgan fingerprint density at radius 3 is 2.84 bits per heavy atom. The predicted molar refractivity (Wildman–Crippen MR) is 123 cm³/mol. The molecule has 0 bridgehead atoms. The topological polar surface area (TPSA) is 66.3 Å². The standard InChI is InChI=1S/C23H27ClN6O/c1-16-4-3-10-29(16)20-8-7-17(14-26-20)23-27-22-18(24)5-2-6-19(22)30(23)13-12-28-11-9-25-21(31)15-28/h2,5-8,14,16H,3-4,9-13,15H2,1H3,(H,25,31). The zero-order chi connectivity index (χ0) is 21.4. The van der Waals surface area contributed by atoms with Gasteiger partial charge in [0, 0.05) is 50.5 Å². The average molecular weight is 439 g/mol. The molecule has 2 aliphatic heterocycles. The maximum absolute atomic E-state index is 11.7. The predicted octanol–water partition coefficient (Wildman–Crippen LogP) is 3.17. The van der Waals surface area contributed by atoms with Crippen molar-refractivity contribution in [3.05, 3.63) is 41.6 Å². The highest BCUT2D eigenvalue weighted by Crippen LogP contribution is 2.30. The van der Waals surface area contributed by atoms with Crippen LogP contribution in [0.1, 0.15) is 19.8 Å². The fraction of sp³-hybridized carbons (Fsp3) is 0.435. The number of amides is 1. The van der Waals surface area contributed by atoms with E-state index in [1.165, 1.54) is 12.8 Å². The second kappa shape index (κ2) is 8.48. The molecule has 0 spiro atoms. The lowest BCUT2D eigenvalue weighted by atomic mass is 10.2. The fourth-order valence-electron chi connectivity index (χ4n) is 4.65. The van der Waals surface area contributed by atoms with Crippen molar-refractivity contribution in [1.29, 1.82) is 0 Å². The summed E-state index contributed by atoms with van der Waals surface area (Å²) in [6.45, 7) is 6.81. The lowest BCUT2D eigenvalue weighted by molar-refractivity contribution is -0.124. The first-order chi connectivity index (χ1) is 15.1. The quantitative estimate of drug-likeness (QED) is 0.662. The number of carbonyl (C=O) groups is 1. The van der Waals surface area contributed by atoms with E-state index in [0.717, 1.165) is 54.4 Å². The summed E-state index contributed by atoms with van der Waals surface area (Å²) in [7, 11) is 0. The molecule has 2 saturated heterocycles. The van der Waals surface area contributed by atoms with Crippen molar-refractivity contribution in [2.45, 2.75) is 32.4 Å². The van der Waals surface area contributed by atoms with Gasteiger partial charge in [-0.15, -0.1) is 0 Å². The molecule has 31 heavy (non-hydrogen) atoms. The van der Waals surface area contributed by atoms with Crippen molar-refractivity contribution in [3.8, 4) is 11.4 Å². The van der Waals surface area contributed by atoms with Crippen LogP contribution in [-0.4, -0.2) is 64.1 Å². The summed E-state index contributed by atoms with van der Waals surface area (Å²) in [6, 6.07) is 10.6. The van der Waals surface area contributed by atoms with Crippen LogP contribution in [0.3, 0.4) is 0 Å².